The summed E-state index contributed by atoms with van der Waals surface area (Å²) in [7, 11) is 0. The first-order chi connectivity index (χ1) is 12.6. The van der Waals surface area contributed by atoms with Crippen molar-refractivity contribution in [2.75, 3.05) is 0 Å². The highest BCUT2D eigenvalue weighted by Gasteiger charge is 2.15. The van der Waals surface area contributed by atoms with E-state index in [0.29, 0.717) is 11.1 Å². The summed E-state index contributed by atoms with van der Waals surface area (Å²) >= 11 is 3.29. The number of thiophene rings is 1. The molecule has 0 bridgehead atoms. The predicted molar refractivity (Wildman–Crippen MR) is 105 cm³/mol. The number of hydrogen-bond acceptors (Lipinski definition) is 5. The molecule has 7 heteroatoms. The quantitative estimate of drug-likeness (QED) is 0.358. The zero-order chi connectivity index (χ0) is 18.4. The Morgan fingerprint density at radius 3 is 2.62 bits per heavy atom. The molecule has 1 N–H and O–H groups in total. The van der Waals surface area contributed by atoms with E-state index in [1.54, 1.807) is 47.4 Å². The largest absolute Gasteiger partial charge is 0.348 e. The van der Waals surface area contributed by atoms with E-state index >= 15 is 0 Å². The van der Waals surface area contributed by atoms with Crippen molar-refractivity contribution in [1.29, 1.82) is 0 Å². The second-order valence-corrected chi connectivity index (χ2v) is 7.48. The molecule has 0 saturated heterocycles. The molecule has 5 nitrogen and oxygen atoms in total. The second kappa shape index (κ2) is 8.64. The molecular formula is C19H16N2O3S2. The van der Waals surface area contributed by atoms with Crippen LogP contribution in [0.4, 0.5) is 5.69 Å². The first kappa shape index (κ1) is 18.2. The lowest BCUT2D eigenvalue weighted by molar-refractivity contribution is -0.385. The molecule has 0 saturated carbocycles. The summed E-state index contributed by atoms with van der Waals surface area (Å²) in [5, 5.41) is 15.9. The Hall–Kier alpha value is -2.64. The van der Waals surface area contributed by atoms with Gasteiger partial charge in [0, 0.05) is 33.7 Å². The van der Waals surface area contributed by atoms with Crippen molar-refractivity contribution in [2.24, 2.45) is 0 Å². The van der Waals surface area contributed by atoms with Crippen LogP contribution in [0.5, 0.6) is 0 Å². The van der Waals surface area contributed by atoms with Gasteiger partial charge in [-0.15, -0.1) is 23.1 Å². The van der Waals surface area contributed by atoms with Gasteiger partial charge in [0.05, 0.1) is 10.5 Å². The summed E-state index contributed by atoms with van der Waals surface area (Å²) in [6, 6.07) is 17.9. The van der Waals surface area contributed by atoms with E-state index in [4.69, 9.17) is 0 Å². The number of thioether (sulfide) groups is 1. The molecule has 0 fully saturated rings. The molecule has 1 amide bonds. The summed E-state index contributed by atoms with van der Waals surface area (Å²) in [6.45, 7) is 0.111. The zero-order valence-electron chi connectivity index (χ0n) is 13.8. The van der Waals surface area contributed by atoms with Crippen molar-refractivity contribution in [2.45, 2.75) is 17.2 Å². The summed E-state index contributed by atoms with van der Waals surface area (Å²) in [4.78, 5) is 25.4. The van der Waals surface area contributed by atoms with Crippen molar-refractivity contribution in [3.8, 4) is 0 Å². The van der Waals surface area contributed by atoms with E-state index in [1.165, 1.54) is 10.9 Å². The van der Waals surface area contributed by atoms with Crippen LogP contribution in [0, 0.1) is 10.1 Å². The highest BCUT2D eigenvalue weighted by atomic mass is 32.2. The van der Waals surface area contributed by atoms with Crippen LogP contribution in [-0.4, -0.2) is 10.8 Å². The number of nitrogens with one attached hydrogen (secondary N) is 1. The van der Waals surface area contributed by atoms with Crippen molar-refractivity contribution in [3.63, 3.8) is 0 Å². The zero-order valence-corrected chi connectivity index (χ0v) is 15.4. The average Bonchev–Trinajstić information content (AvgIpc) is 3.18. The van der Waals surface area contributed by atoms with Crippen molar-refractivity contribution >= 4 is 34.7 Å². The van der Waals surface area contributed by atoms with E-state index in [-0.39, 0.29) is 18.1 Å². The third-order valence-electron chi connectivity index (χ3n) is 3.71. The Balaban J connectivity index is 1.69. The molecule has 1 heterocycles. The van der Waals surface area contributed by atoms with Crippen molar-refractivity contribution in [1.82, 2.24) is 5.32 Å². The van der Waals surface area contributed by atoms with Gasteiger partial charge in [0.2, 0.25) is 0 Å². The fraction of sp³-hybridized carbons (Fsp3) is 0.105. The molecule has 132 valence electrons. The van der Waals surface area contributed by atoms with Gasteiger partial charge in [-0.3, -0.25) is 14.9 Å². The SMILES string of the molecule is O=C(NCc1ccccc1[N+](=O)[O-])c1ccccc1SCc1cccs1. The van der Waals surface area contributed by atoms with Gasteiger partial charge in [0.15, 0.2) is 0 Å². The van der Waals surface area contributed by atoms with Crippen LogP contribution in [0.25, 0.3) is 0 Å². The van der Waals surface area contributed by atoms with Gasteiger partial charge in [0.25, 0.3) is 11.6 Å². The number of nitro benzene ring substituents is 1. The van der Waals surface area contributed by atoms with Crippen molar-refractivity contribution in [3.05, 3.63) is 92.2 Å². The number of para-hydroxylation sites is 1. The summed E-state index contributed by atoms with van der Waals surface area (Å²) in [5.74, 6) is 0.559. The van der Waals surface area contributed by atoms with Gasteiger partial charge < -0.3 is 5.32 Å². The highest BCUT2D eigenvalue weighted by molar-refractivity contribution is 7.98. The number of carbonyl (C=O) groups excluding carboxylic acids is 1. The summed E-state index contributed by atoms with van der Waals surface area (Å²) < 4.78 is 0. The molecule has 0 radical (unpaired) electrons. The van der Waals surface area contributed by atoms with E-state index in [1.807, 2.05) is 29.6 Å². The van der Waals surface area contributed by atoms with Crippen LogP contribution >= 0.6 is 23.1 Å². The monoisotopic (exact) mass is 384 g/mol. The van der Waals surface area contributed by atoms with E-state index in [2.05, 4.69) is 11.4 Å². The minimum atomic E-state index is -0.438. The summed E-state index contributed by atoms with van der Waals surface area (Å²) in [5.41, 5.74) is 1.07. The molecule has 0 atom stereocenters. The molecule has 0 spiro atoms. The predicted octanol–water partition coefficient (Wildman–Crippen LogP) is 4.88. The minimum absolute atomic E-state index is 0.00755. The smallest absolute Gasteiger partial charge is 0.274 e. The van der Waals surface area contributed by atoms with Crippen LogP contribution in [-0.2, 0) is 12.3 Å². The molecule has 3 rings (SSSR count). The average molecular weight is 384 g/mol. The van der Waals surface area contributed by atoms with Crippen LogP contribution in [0.2, 0.25) is 0 Å². The lowest BCUT2D eigenvalue weighted by Crippen LogP contribution is -2.23. The maximum atomic E-state index is 12.6. The highest BCUT2D eigenvalue weighted by Crippen LogP contribution is 2.28. The first-order valence-corrected chi connectivity index (χ1v) is 9.76. The molecular weight excluding hydrogens is 368 g/mol. The topological polar surface area (TPSA) is 72.2 Å². The van der Waals surface area contributed by atoms with Crippen LogP contribution < -0.4 is 5.32 Å². The van der Waals surface area contributed by atoms with Gasteiger partial charge in [0.1, 0.15) is 0 Å². The van der Waals surface area contributed by atoms with E-state index in [0.717, 1.165) is 10.6 Å². The number of hydrogen-bond donors (Lipinski definition) is 1. The number of rotatable bonds is 7. The molecule has 2 aromatic carbocycles. The molecule has 0 aliphatic heterocycles. The van der Waals surface area contributed by atoms with Crippen LogP contribution in [0.3, 0.4) is 0 Å². The van der Waals surface area contributed by atoms with E-state index < -0.39 is 4.92 Å². The molecule has 26 heavy (non-hydrogen) atoms. The fourth-order valence-corrected chi connectivity index (χ4v) is 4.26. The fourth-order valence-electron chi connectivity index (χ4n) is 2.43. The molecule has 0 unspecified atom stereocenters. The normalized spacial score (nSPS) is 10.5. The number of amides is 1. The lowest BCUT2D eigenvalue weighted by atomic mass is 10.1. The minimum Gasteiger partial charge on any atom is -0.348 e. The van der Waals surface area contributed by atoms with Gasteiger partial charge in [-0.25, -0.2) is 0 Å². The van der Waals surface area contributed by atoms with Crippen LogP contribution in [0.15, 0.2) is 70.9 Å². The molecule has 3 aromatic rings. The van der Waals surface area contributed by atoms with Crippen LogP contribution in [0.1, 0.15) is 20.8 Å². The third kappa shape index (κ3) is 4.50. The van der Waals surface area contributed by atoms with E-state index in [9.17, 15) is 14.9 Å². The Labute approximate surface area is 159 Å². The number of benzene rings is 2. The standard InChI is InChI=1S/C19H16N2O3S2/c22-19(20-12-14-6-1-3-9-17(14)21(23)24)16-8-2-4-10-18(16)26-13-15-7-5-11-25-15/h1-11H,12-13H2,(H,20,22). The number of carbonyl (C=O) groups is 1. The van der Waals surface area contributed by atoms with Crippen molar-refractivity contribution < 1.29 is 9.72 Å². The number of nitro groups is 1. The maximum absolute atomic E-state index is 12.6. The third-order valence-corrected chi connectivity index (χ3v) is 5.89. The lowest BCUT2D eigenvalue weighted by Gasteiger charge is -2.10. The molecule has 1 aromatic heterocycles. The Bertz CT molecular complexity index is 911. The number of nitrogens with zero attached hydrogens (tertiary/aromatic N) is 1. The molecule has 0 aliphatic rings. The Morgan fingerprint density at radius 1 is 1.08 bits per heavy atom. The molecule has 0 aliphatic carbocycles. The first-order valence-electron chi connectivity index (χ1n) is 7.90. The van der Waals surface area contributed by atoms with Gasteiger partial charge in [-0.05, 0) is 23.6 Å². The second-order valence-electron chi connectivity index (χ2n) is 5.43. The maximum Gasteiger partial charge on any atom is 0.274 e. The van der Waals surface area contributed by atoms with Gasteiger partial charge in [-0.1, -0.05) is 36.4 Å². The van der Waals surface area contributed by atoms with Gasteiger partial charge in [-0.2, -0.15) is 0 Å². The Morgan fingerprint density at radius 2 is 1.85 bits per heavy atom. The summed E-state index contributed by atoms with van der Waals surface area (Å²) in [6.07, 6.45) is 0. The van der Waals surface area contributed by atoms with Gasteiger partial charge >= 0.3 is 0 Å². The Kier molecular flexibility index (Phi) is 6.04.